The van der Waals surface area contributed by atoms with Crippen molar-refractivity contribution in [3.63, 3.8) is 0 Å². The second-order valence-corrected chi connectivity index (χ2v) is 11.9. The molecule has 2 unspecified atom stereocenters. The van der Waals surface area contributed by atoms with E-state index >= 15 is 0 Å². The third kappa shape index (κ3) is 4.82. The maximum Gasteiger partial charge on any atom is 0.375 e. The van der Waals surface area contributed by atoms with Crippen LogP contribution in [0.25, 0.3) is 11.6 Å². The van der Waals surface area contributed by atoms with E-state index in [0.717, 1.165) is 21.7 Å². The molecule has 0 saturated heterocycles. The van der Waals surface area contributed by atoms with E-state index < -0.39 is 30.2 Å². The third-order valence-corrected chi connectivity index (χ3v) is 8.79. The lowest BCUT2D eigenvalue weighted by atomic mass is 9.75. The average Bonchev–Trinajstić information content (AvgIpc) is 3.67. The predicted molar refractivity (Wildman–Crippen MR) is 159 cm³/mol. The van der Waals surface area contributed by atoms with E-state index in [9.17, 15) is 24.6 Å². The molecular formula is C34H35NO9. The lowest BCUT2D eigenvalue weighted by Gasteiger charge is -2.32. The average molecular weight is 602 g/mol. The molecule has 44 heavy (non-hydrogen) atoms. The van der Waals surface area contributed by atoms with Gasteiger partial charge in [0.05, 0.1) is 54.5 Å². The van der Waals surface area contributed by atoms with E-state index in [-0.39, 0.29) is 47.9 Å². The first-order valence-electron chi connectivity index (χ1n) is 14.8. The number of esters is 1. The van der Waals surface area contributed by atoms with Gasteiger partial charge in [-0.15, -0.1) is 0 Å². The fourth-order valence-corrected chi connectivity index (χ4v) is 6.61. The summed E-state index contributed by atoms with van der Waals surface area (Å²) in [7, 11) is 1.48. The topological polar surface area (TPSA) is 141 Å². The van der Waals surface area contributed by atoms with E-state index in [1.807, 2.05) is 24.3 Å². The highest BCUT2D eigenvalue weighted by molar-refractivity contribution is 6.11. The number of allylic oxidation sites excluding steroid dienone is 3. The van der Waals surface area contributed by atoms with E-state index in [0.29, 0.717) is 53.9 Å². The van der Waals surface area contributed by atoms with E-state index in [1.165, 1.54) is 7.11 Å². The van der Waals surface area contributed by atoms with Gasteiger partial charge in [-0.25, -0.2) is 4.79 Å². The molecule has 0 spiro atoms. The maximum absolute atomic E-state index is 13.4. The second kappa shape index (κ2) is 11.3. The smallest absolute Gasteiger partial charge is 0.375 e. The van der Waals surface area contributed by atoms with Crippen molar-refractivity contribution >= 4 is 29.7 Å². The maximum atomic E-state index is 13.4. The van der Waals surface area contributed by atoms with Gasteiger partial charge in [-0.2, -0.15) is 0 Å². The minimum absolute atomic E-state index is 0.0137. The molecule has 230 valence electrons. The number of aldehydes is 1. The number of fused-ring (bicyclic) bond motifs is 3. The molecule has 1 fully saturated rings. The molecule has 0 bridgehead atoms. The van der Waals surface area contributed by atoms with Gasteiger partial charge in [0.25, 0.3) is 0 Å². The van der Waals surface area contributed by atoms with Crippen LogP contribution < -0.4 is 24.8 Å². The number of Topliss-reactive ketones (excluding diaryl/α,β-unsaturated/α-hetero) is 1. The fraction of sp³-hybridized carbons (Fsp3) is 0.412. The quantitative estimate of drug-likeness (QED) is 0.362. The number of rotatable bonds is 7. The SMILES string of the molecule is CCOC(=O)C1=C(C=O)C(=C2CCC(=O)C(c3ccc4c(c3)=CCN=4)C2)c2c(OC)c3c(c(CO)c2O1)OC(C(C)(C)O)C3. The predicted octanol–water partition coefficient (Wildman–Crippen LogP) is 2.37. The normalized spacial score (nSPS) is 22.2. The van der Waals surface area contributed by atoms with Crippen molar-refractivity contribution in [2.45, 2.75) is 70.7 Å². The molecule has 10 heteroatoms. The van der Waals surface area contributed by atoms with Crippen molar-refractivity contribution in [2.24, 2.45) is 4.99 Å². The summed E-state index contributed by atoms with van der Waals surface area (Å²) in [6, 6.07) is 5.83. The fourth-order valence-electron chi connectivity index (χ4n) is 6.61. The van der Waals surface area contributed by atoms with Gasteiger partial charge in [0.15, 0.2) is 6.29 Å². The molecule has 4 aliphatic rings. The highest BCUT2D eigenvalue weighted by atomic mass is 16.6. The van der Waals surface area contributed by atoms with Crippen molar-refractivity contribution in [3.05, 3.63) is 67.9 Å². The highest BCUT2D eigenvalue weighted by Crippen LogP contribution is 2.56. The van der Waals surface area contributed by atoms with Crippen LogP contribution in [0.3, 0.4) is 0 Å². The number of nitrogens with zero attached hydrogens (tertiary/aromatic N) is 1. The first-order valence-corrected chi connectivity index (χ1v) is 14.8. The van der Waals surface area contributed by atoms with Crippen molar-refractivity contribution < 1.29 is 43.5 Å². The Morgan fingerprint density at radius 3 is 2.68 bits per heavy atom. The van der Waals surface area contributed by atoms with Crippen LogP contribution in [0.2, 0.25) is 0 Å². The molecule has 3 heterocycles. The number of aliphatic hydroxyl groups is 2. The largest absolute Gasteiger partial charge is 0.496 e. The van der Waals surface area contributed by atoms with Gasteiger partial charge in [-0.1, -0.05) is 17.7 Å². The summed E-state index contributed by atoms with van der Waals surface area (Å²) in [5.41, 5.74) is 2.08. The Morgan fingerprint density at radius 2 is 2.00 bits per heavy atom. The molecule has 10 nitrogen and oxygen atoms in total. The number of hydrogen-bond acceptors (Lipinski definition) is 10. The van der Waals surface area contributed by atoms with Crippen LogP contribution in [0.15, 0.2) is 40.1 Å². The lowest BCUT2D eigenvalue weighted by Crippen LogP contribution is -2.39. The van der Waals surface area contributed by atoms with Gasteiger partial charge in [-0.3, -0.25) is 14.6 Å². The first-order chi connectivity index (χ1) is 21.1. The van der Waals surface area contributed by atoms with E-state index in [4.69, 9.17) is 18.9 Å². The second-order valence-electron chi connectivity index (χ2n) is 11.9. The minimum atomic E-state index is -1.22. The van der Waals surface area contributed by atoms with Crippen molar-refractivity contribution in [1.29, 1.82) is 0 Å². The molecule has 2 atom stereocenters. The molecule has 2 aromatic rings. The number of carbonyl (C=O) groups excluding carboxylic acids is 3. The molecule has 0 radical (unpaired) electrons. The van der Waals surface area contributed by atoms with Crippen LogP contribution in [0.5, 0.6) is 17.2 Å². The summed E-state index contributed by atoms with van der Waals surface area (Å²) in [6.07, 6.45) is 3.08. The zero-order valence-corrected chi connectivity index (χ0v) is 25.2. The number of benzene rings is 2. The number of methoxy groups -OCH3 is 1. The number of hydrogen-bond donors (Lipinski definition) is 2. The Kier molecular flexibility index (Phi) is 7.67. The number of aliphatic hydroxyl groups excluding tert-OH is 1. The minimum Gasteiger partial charge on any atom is -0.496 e. The molecule has 2 aromatic carbocycles. The monoisotopic (exact) mass is 601 g/mol. The third-order valence-electron chi connectivity index (χ3n) is 8.79. The van der Waals surface area contributed by atoms with Gasteiger partial charge < -0.3 is 29.2 Å². The molecule has 0 aromatic heterocycles. The van der Waals surface area contributed by atoms with Gasteiger partial charge in [0, 0.05) is 29.9 Å². The summed E-state index contributed by atoms with van der Waals surface area (Å²) in [4.78, 5) is 43.9. The van der Waals surface area contributed by atoms with Crippen LogP contribution in [-0.4, -0.2) is 60.2 Å². The van der Waals surface area contributed by atoms with Crippen LogP contribution in [0, 0.1) is 0 Å². The number of carbonyl (C=O) groups is 3. The van der Waals surface area contributed by atoms with Crippen LogP contribution in [0.4, 0.5) is 0 Å². The van der Waals surface area contributed by atoms with Crippen molar-refractivity contribution in [3.8, 4) is 17.2 Å². The standard InChI is InChI=1S/C34H35NO9/c1-5-42-33(39)32-22(15-36)27(19-7-9-25(38)20(13-19)17-6-8-24-18(12-17)10-11-35-24)28-30(41-4)21-14-26(34(2,3)40)43-29(21)23(16-37)31(28)44-32/h6,8,10,12,15,20,26,37,40H,5,7,9,11,13-14,16H2,1-4H3. The molecule has 1 aliphatic carbocycles. The molecular weight excluding hydrogens is 566 g/mol. The zero-order chi connectivity index (χ0) is 31.3. The van der Waals surface area contributed by atoms with Crippen molar-refractivity contribution in [2.75, 3.05) is 20.3 Å². The summed E-state index contributed by atoms with van der Waals surface area (Å²) in [5.74, 6) is -0.780. The first kappa shape index (κ1) is 29.8. The molecule has 1 saturated carbocycles. The molecule has 3 aliphatic heterocycles. The summed E-state index contributed by atoms with van der Waals surface area (Å²) in [5, 5.41) is 23.3. The Bertz CT molecular complexity index is 1780. The summed E-state index contributed by atoms with van der Waals surface area (Å²) >= 11 is 0. The Labute approximate surface area is 254 Å². The Balaban J connectivity index is 1.60. The van der Waals surface area contributed by atoms with E-state index in [2.05, 4.69) is 4.99 Å². The zero-order valence-electron chi connectivity index (χ0n) is 25.2. The number of ether oxygens (including phenoxy) is 4. The lowest BCUT2D eigenvalue weighted by molar-refractivity contribution is -0.141. The Hall–Kier alpha value is -4.28. The number of ketones is 1. The van der Waals surface area contributed by atoms with Gasteiger partial charge in [0.2, 0.25) is 5.76 Å². The summed E-state index contributed by atoms with van der Waals surface area (Å²) < 4.78 is 23.5. The van der Waals surface area contributed by atoms with Gasteiger partial charge in [-0.05, 0) is 56.5 Å². The van der Waals surface area contributed by atoms with Crippen LogP contribution in [-0.2, 0) is 32.1 Å². The van der Waals surface area contributed by atoms with Gasteiger partial charge >= 0.3 is 5.97 Å². The van der Waals surface area contributed by atoms with E-state index in [1.54, 1.807) is 20.8 Å². The summed E-state index contributed by atoms with van der Waals surface area (Å²) in [6.45, 7) is 5.04. The molecule has 6 rings (SSSR count). The highest BCUT2D eigenvalue weighted by Gasteiger charge is 2.44. The molecule has 0 amide bonds. The van der Waals surface area contributed by atoms with Gasteiger partial charge in [0.1, 0.15) is 29.1 Å². The Morgan fingerprint density at radius 1 is 1.20 bits per heavy atom. The van der Waals surface area contributed by atoms with Crippen LogP contribution in [0.1, 0.15) is 68.2 Å². The van der Waals surface area contributed by atoms with Crippen LogP contribution >= 0.6 is 0 Å². The van der Waals surface area contributed by atoms with Crippen molar-refractivity contribution in [1.82, 2.24) is 0 Å². The molecule has 2 N–H and O–H groups in total.